The molecule has 1 N–H and O–H groups in total. The van der Waals surface area contributed by atoms with Crippen molar-refractivity contribution < 1.29 is 5.11 Å². The van der Waals surface area contributed by atoms with Crippen molar-refractivity contribution in [2.75, 3.05) is 0 Å². The van der Waals surface area contributed by atoms with E-state index in [-0.39, 0.29) is 5.76 Å². The molecule has 0 aliphatic rings. The third-order valence-corrected chi connectivity index (χ3v) is 0.408. The Balaban J connectivity index is -0.0000000397. The van der Waals surface area contributed by atoms with Crippen molar-refractivity contribution in [1.29, 1.82) is 0 Å². The average Bonchev–Trinajstić information content (AvgIpc) is 2.13. The maximum atomic E-state index is 8.17. The van der Waals surface area contributed by atoms with Gasteiger partial charge in [0.15, 0.2) is 0 Å². The minimum absolute atomic E-state index is 0.255. The van der Waals surface area contributed by atoms with Crippen LogP contribution < -0.4 is 0 Å². The van der Waals surface area contributed by atoms with Crippen LogP contribution in [0.2, 0.25) is 0 Å². The summed E-state index contributed by atoms with van der Waals surface area (Å²) in [6.07, 6.45) is 2.42. The van der Waals surface area contributed by atoms with Crippen molar-refractivity contribution in [3.8, 4) is 0 Å². The third-order valence-electron chi connectivity index (χ3n) is 0.408. The largest absolute Gasteiger partial charge is 0.513 e. The van der Waals surface area contributed by atoms with Gasteiger partial charge in [0.1, 0.15) is 0 Å². The molecule has 76 valence electrons. The molecule has 0 radical (unpaired) electrons. The highest BCUT2D eigenvalue weighted by molar-refractivity contribution is 4.74. The molecule has 0 aromatic carbocycles. The van der Waals surface area contributed by atoms with Crippen molar-refractivity contribution in [3.63, 3.8) is 0 Å². The van der Waals surface area contributed by atoms with Crippen LogP contribution in [0.1, 0.15) is 48.0 Å². The molecular formula is C11H26O. The van der Waals surface area contributed by atoms with Crippen LogP contribution in [-0.4, -0.2) is 5.11 Å². The molecule has 0 bridgehead atoms. The Labute approximate surface area is 78.8 Å². The summed E-state index contributed by atoms with van der Waals surface area (Å²) < 4.78 is 0. The molecule has 0 amide bonds. The predicted molar refractivity (Wildman–Crippen MR) is 60.6 cm³/mol. The molecule has 0 fully saturated rings. The minimum Gasteiger partial charge on any atom is -0.513 e. The van der Waals surface area contributed by atoms with Gasteiger partial charge in [-0.3, -0.25) is 0 Å². The Bertz CT molecular complexity index is 65.4. The first kappa shape index (κ1) is 22.5. The fourth-order valence-electron chi connectivity index (χ4n) is 0. The van der Waals surface area contributed by atoms with Crippen molar-refractivity contribution in [3.05, 3.63) is 25.0 Å². The minimum atomic E-state index is 0.255. The van der Waals surface area contributed by atoms with Gasteiger partial charge in [0.25, 0.3) is 0 Å². The number of hydrogen-bond acceptors (Lipinski definition) is 1. The van der Waals surface area contributed by atoms with Gasteiger partial charge in [0.2, 0.25) is 0 Å². The lowest BCUT2D eigenvalue weighted by atomic mass is 10.4. The molecule has 0 saturated carbocycles. The van der Waals surface area contributed by atoms with Gasteiger partial charge in [-0.15, -0.1) is 6.58 Å². The Morgan fingerprint density at radius 3 is 1.33 bits per heavy atom. The normalized spacial score (nSPS) is 5.17. The SMILES string of the molecule is C=C(O)CC.C=CC.CC.CC. The third kappa shape index (κ3) is 388. The zero-order valence-electron chi connectivity index (χ0n) is 9.65. The smallest absolute Gasteiger partial charge is 0.0848 e. The summed E-state index contributed by atoms with van der Waals surface area (Å²) in [6, 6.07) is 0. The van der Waals surface area contributed by atoms with Gasteiger partial charge in [-0.25, -0.2) is 0 Å². The molecule has 1 heteroatoms. The van der Waals surface area contributed by atoms with Gasteiger partial charge in [-0.05, 0) is 6.92 Å². The molecule has 0 aromatic heterocycles. The highest BCUT2D eigenvalue weighted by Crippen LogP contribution is 1.84. The molecule has 0 spiro atoms. The van der Waals surface area contributed by atoms with Crippen molar-refractivity contribution in [2.45, 2.75) is 48.0 Å². The number of allylic oxidation sites excluding steroid dienone is 2. The number of aliphatic hydroxyl groups is 1. The Morgan fingerprint density at radius 1 is 1.25 bits per heavy atom. The molecule has 0 heterocycles. The molecule has 0 rings (SSSR count). The van der Waals surface area contributed by atoms with Crippen LogP contribution in [0.15, 0.2) is 25.0 Å². The van der Waals surface area contributed by atoms with Crippen LogP contribution >= 0.6 is 0 Å². The summed E-state index contributed by atoms with van der Waals surface area (Å²) in [5.74, 6) is 0.255. The van der Waals surface area contributed by atoms with E-state index in [0.717, 1.165) is 0 Å². The molecule has 0 unspecified atom stereocenters. The van der Waals surface area contributed by atoms with Crippen LogP contribution in [0.25, 0.3) is 0 Å². The van der Waals surface area contributed by atoms with Gasteiger partial charge >= 0.3 is 0 Å². The summed E-state index contributed by atoms with van der Waals surface area (Å²) in [5.41, 5.74) is 0. The molecule has 0 aliphatic carbocycles. The first-order valence-corrected chi connectivity index (χ1v) is 4.62. The van der Waals surface area contributed by atoms with E-state index in [1.54, 1.807) is 6.08 Å². The van der Waals surface area contributed by atoms with E-state index in [0.29, 0.717) is 6.42 Å². The Morgan fingerprint density at radius 2 is 1.33 bits per heavy atom. The van der Waals surface area contributed by atoms with E-state index in [1.165, 1.54) is 0 Å². The Kier molecular flexibility index (Phi) is 90.6. The summed E-state index contributed by atoms with van der Waals surface area (Å²) in [5, 5.41) is 8.17. The van der Waals surface area contributed by atoms with Crippen molar-refractivity contribution >= 4 is 0 Å². The first-order valence-electron chi connectivity index (χ1n) is 4.62. The number of hydrogen-bond donors (Lipinski definition) is 1. The van der Waals surface area contributed by atoms with Crippen LogP contribution in [0.4, 0.5) is 0 Å². The summed E-state index contributed by atoms with van der Waals surface area (Å²) in [7, 11) is 0. The van der Waals surface area contributed by atoms with Crippen molar-refractivity contribution in [1.82, 2.24) is 0 Å². The summed E-state index contributed by atoms with van der Waals surface area (Å²) in [4.78, 5) is 0. The van der Waals surface area contributed by atoms with Crippen LogP contribution in [0.5, 0.6) is 0 Å². The first-order chi connectivity index (χ1) is 5.68. The summed E-state index contributed by atoms with van der Waals surface area (Å²) >= 11 is 0. The maximum Gasteiger partial charge on any atom is 0.0848 e. The predicted octanol–water partition coefficient (Wildman–Crippen LogP) is 4.71. The lowest BCUT2D eigenvalue weighted by molar-refractivity contribution is 0.397. The van der Waals surface area contributed by atoms with Crippen LogP contribution in [-0.2, 0) is 0 Å². The Hall–Kier alpha value is -0.720. The van der Waals surface area contributed by atoms with Gasteiger partial charge in [-0.1, -0.05) is 47.3 Å². The zero-order chi connectivity index (χ0) is 11.0. The van der Waals surface area contributed by atoms with Gasteiger partial charge in [-0.2, -0.15) is 0 Å². The monoisotopic (exact) mass is 174 g/mol. The van der Waals surface area contributed by atoms with E-state index in [1.807, 2.05) is 41.5 Å². The second kappa shape index (κ2) is 48.3. The van der Waals surface area contributed by atoms with Gasteiger partial charge in [0, 0.05) is 6.42 Å². The van der Waals surface area contributed by atoms with Gasteiger partial charge in [0.05, 0.1) is 5.76 Å². The number of rotatable bonds is 1. The van der Waals surface area contributed by atoms with E-state index in [4.69, 9.17) is 5.11 Å². The maximum absolute atomic E-state index is 8.17. The topological polar surface area (TPSA) is 20.2 Å². The second-order valence-electron chi connectivity index (χ2n) is 1.33. The highest BCUT2D eigenvalue weighted by atomic mass is 16.3. The van der Waals surface area contributed by atoms with Crippen molar-refractivity contribution in [2.24, 2.45) is 0 Å². The molecule has 12 heavy (non-hydrogen) atoms. The van der Waals surface area contributed by atoms with E-state index in [2.05, 4.69) is 13.2 Å². The van der Waals surface area contributed by atoms with Crippen LogP contribution in [0, 0.1) is 0 Å². The quantitative estimate of drug-likeness (QED) is 0.451. The zero-order valence-corrected chi connectivity index (χ0v) is 9.65. The molecule has 1 nitrogen and oxygen atoms in total. The van der Waals surface area contributed by atoms with E-state index < -0.39 is 0 Å². The fourth-order valence-corrected chi connectivity index (χ4v) is 0. The molecule has 0 atom stereocenters. The van der Waals surface area contributed by atoms with E-state index in [9.17, 15) is 0 Å². The summed E-state index contributed by atoms with van der Waals surface area (Å²) in [6.45, 7) is 18.3. The van der Waals surface area contributed by atoms with E-state index >= 15 is 0 Å². The molecule has 0 aliphatic heterocycles. The lowest BCUT2D eigenvalue weighted by Crippen LogP contribution is -1.66. The standard InChI is InChI=1S/C4H8O.C3H6.2C2H6/c1-3-4(2)5;1-3-2;2*1-2/h5H,2-3H2,1H3;3H,1H2,2H3;2*1-2H3. The average molecular weight is 174 g/mol. The highest BCUT2D eigenvalue weighted by Gasteiger charge is 1.70. The second-order valence-corrected chi connectivity index (χ2v) is 1.33. The van der Waals surface area contributed by atoms with Gasteiger partial charge < -0.3 is 5.11 Å². The molecule has 0 aromatic rings. The molecular weight excluding hydrogens is 148 g/mol. The van der Waals surface area contributed by atoms with Crippen LogP contribution in [0.3, 0.4) is 0 Å². The fraction of sp³-hybridized carbons (Fsp3) is 0.636. The number of aliphatic hydroxyl groups excluding tert-OH is 1. The lowest BCUT2D eigenvalue weighted by Gasteiger charge is -1.80. The molecule has 0 saturated heterocycles.